The fourth-order valence-corrected chi connectivity index (χ4v) is 2.56. The van der Waals surface area contributed by atoms with Gasteiger partial charge >= 0.3 is 0 Å². The third kappa shape index (κ3) is 4.99. The zero-order chi connectivity index (χ0) is 17.4. The van der Waals surface area contributed by atoms with Crippen LogP contribution in [0, 0.1) is 0 Å². The van der Waals surface area contributed by atoms with Gasteiger partial charge in [0.25, 0.3) is 5.91 Å². The highest BCUT2D eigenvalue weighted by Crippen LogP contribution is 2.20. The number of amides is 1. The summed E-state index contributed by atoms with van der Waals surface area (Å²) in [7, 11) is 1.67. The molecule has 2 aromatic carbocycles. The Morgan fingerprint density at radius 1 is 1.21 bits per heavy atom. The van der Waals surface area contributed by atoms with E-state index in [1.165, 1.54) is 0 Å². The third-order valence-electron chi connectivity index (χ3n) is 3.65. The lowest BCUT2D eigenvalue weighted by Gasteiger charge is -2.17. The van der Waals surface area contributed by atoms with E-state index in [1.807, 2.05) is 36.4 Å². The average Bonchev–Trinajstić information content (AvgIpc) is 2.60. The molecule has 2 rings (SSSR count). The number of anilines is 1. The van der Waals surface area contributed by atoms with E-state index < -0.39 is 0 Å². The normalized spacial score (nSPS) is 11.6. The highest BCUT2D eigenvalue weighted by Gasteiger charge is 2.10. The summed E-state index contributed by atoms with van der Waals surface area (Å²) in [6, 6.07) is 15.5. The molecule has 0 fully saturated rings. The number of benzene rings is 2. The number of methoxy groups -OCH3 is 1. The van der Waals surface area contributed by atoms with Crippen molar-refractivity contribution in [3.8, 4) is 5.75 Å². The quantitative estimate of drug-likeness (QED) is 0.696. The van der Waals surface area contributed by atoms with Crippen LogP contribution in [0.5, 0.6) is 5.75 Å². The molecular formula is C19H24N2O3. The first kappa shape index (κ1) is 17.8. The lowest BCUT2D eigenvalue weighted by molar-refractivity contribution is 0.0945. The Morgan fingerprint density at radius 2 is 2.00 bits per heavy atom. The summed E-state index contributed by atoms with van der Waals surface area (Å²) in [5.74, 6) is 0.688. The molecule has 1 amide bonds. The van der Waals surface area contributed by atoms with Gasteiger partial charge in [0.1, 0.15) is 5.75 Å². The van der Waals surface area contributed by atoms with Crippen LogP contribution in [0.15, 0.2) is 48.5 Å². The molecule has 0 aliphatic rings. The molecule has 24 heavy (non-hydrogen) atoms. The van der Waals surface area contributed by atoms with E-state index in [9.17, 15) is 4.79 Å². The molecule has 0 heterocycles. The van der Waals surface area contributed by atoms with E-state index in [2.05, 4.69) is 23.6 Å². The molecule has 2 aromatic rings. The van der Waals surface area contributed by atoms with Crippen LogP contribution < -0.4 is 15.4 Å². The van der Waals surface area contributed by atoms with Gasteiger partial charge in [0.05, 0.1) is 13.7 Å². The van der Waals surface area contributed by atoms with Crippen molar-refractivity contribution < 1.29 is 14.6 Å². The zero-order valence-electron chi connectivity index (χ0n) is 14.1. The largest absolute Gasteiger partial charge is 0.496 e. The maximum Gasteiger partial charge on any atom is 0.251 e. The van der Waals surface area contributed by atoms with Crippen LogP contribution in [0.1, 0.15) is 22.8 Å². The molecule has 0 saturated heterocycles. The summed E-state index contributed by atoms with van der Waals surface area (Å²) in [5, 5.41) is 14.8. The highest BCUT2D eigenvalue weighted by molar-refractivity contribution is 5.95. The lowest BCUT2D eigenvalue weighted by Crippen LogP contribution is -2.26. The molecule has 5 heteroatoms. The molecule has 3 N–H and O–H groups in total. The Bertz CT molecular complexity index is 673. The van der Waals surface area contributed by atoms with Crippen LogP contribution in [-0.4, -0.2) is 37.3 Å². The van der Waals surface area contributed by atoms with Crippen LogP contribution in [0.2, 0.25) is 0 Å². The molecular weight excluding hydrogens is 304 g/mol. The maximum absolute atomic E-state index is 11.9. The van der Waals surface area contributed by atoms with E-state index in [0.717, 1.165) is 23.4 Å². The second kappa shape index (κ2) is 8.93. The molecule has 0 spiro atoms. The van der Waals surface area contributed by atoms with Gasteiger partial charge in [0, 0.05) is 23.8 Å². The van der Waals surface area contributed by atoms with Crippen molar-refractivity contribution in [2.75, 3.05) is 25.6 Å². The van der Waals surface area contributed by atoms with Gasteiger partial charge in [-0.1, -0.05) is 24.3 Å². The first-order chi connectivity index (χ1) is 11.6. The van der Waals surface area contributed by atoms with Gasteiger partial charge < -0.3 is 20.5 Å². The van der Waals surface area contributed by atoms with Crippen LogP contribution >= 0.6 is 0 Å². The van der Waals surface area contributed by atoms with Crippen molar-refractivity contribution in [3.63, 3.8) is 0 Å². The number of ether oxygens (including phenoxy) is 1. The topological polar surface area (TPSA) is 70.6 Å². The first-order valence-electron chi connectivity index (χ1n) is 8.01. The summed E-state index contributed by atoms with van der Waals surface area (Å²) in [5.41, 5.74) is 2.59. The molecule has 0 aliphatic heterocycles. The summed E-state index contributed by atoms with van der Waals surface area (Å²) in [6.45, 7) is 2.27. The number of carbonyl (C=O) groups is 1. The summed E-state index contributed by atoms with van der Waals surface area (Å²) >= 11 is 0. The number of hydrogen-bond donors (Lipinski definition) is 3. The summed E-state index contributed by atoms with van der Waals surface area (Å²) < 4.78 is 5.38. The number of aliphatic hydroxyl groups excluding tert-OH is 1. The molecule has 5 nitrogen and oxygen atoms in total. The van der Waals surface area contributed by atoms with Crippen LogP contribution in [0.4, 0.5) is 5.69 Å². The Kier molecular flexibility index (Phi) is 6.63. The van der Waals surface area contributed by atoms with Gasteiger partial charge in [-0.15, -0.1) is 0 Å². The SMILES string of the molecule is COc1ccccc1CC(C)Nc1cccc(C(=O)NCCO)c1. The third-order valence-corrected chi connectivity index (χ3v) is 3.65. The molecule has 0 aliphatic carbocycles. The molecule has 0 saturated carbocycles. The van der Waals surface area contributed by atoms with Crippen LogP contribution in [0.3, 0.4) is 0 Å². The molecule has 0 aromatic heterocycles. The minimum atomic E-state index is -0.190. The van der Waals surface area contributed by atoms with Crippen molar-refractivity contribution >= 4 is 11.6 Å². The summed E-state index contributed by atoms with van der Waals surface area (Å²) in [4.78, 5) is 11.9. The van der Waals surface area contributed by atoms with Crippen LogP contribution in [-0.2, 0) is 6.42 Å². The molecule has 0 bridgehead atoms. The highest BCUT2D eigenvalue weighted by atomic mass is 16.5. The summed E-state index contributed by atoms with van der Waals surface area (Å²) in [6.07, 6.45) is 0.810. The van der Waals surface area contributed by atoms with E-state index >= 15 is 0 Å². The molecule has 128 valence electrons. The first-order valence-corrected chi connectivity index (χ1v) is 8.01. The zero-order valence-corrected chi connectivity index (χ0v) is 14.1. The van der Waals surface area contributed by atoms with Crippen molar-refractivity contribution in [2.45, 2.75) is 19.4 Å². The van der Waals surface area contributed by atoms with Gasteiger partial charge in [-0.05, 0) is 43.2 Å². The van der Waals surface area contributed by atoms with E-state index in [4.69, 9.17) is 9.84 Å². The van der Waals surface area contributed by atoms with Crippen LogP contribution in [0.25, 0.3) is 0 Å². The monoisotopic (exact) mass is 328 g/mol. The smallest absolute Gasteiger partial charge is 0.251 e. The number of carbonyl (C=O) groups excluding carboxylic acids is 1. The Hall–Kier alpha value is -2.53. The van der Waals surface area contributed by atoms with E-state index in [1.54, 1.807) is 13.2 Å². The lowest BCUT2D eigenvalue weighted by atomic mass is 10.1. The Balaban J connectivity index is 2.01. The fraction of sp³-hybridized carbons (Fsp3) is 0.316. The molecule has 0 radical (unpaired) electrons. The van der Waals surface area contributed by atoms with Gasteiger partial charge in [-0.25, -0.2) is 0 Å². The van der Waals surface area contributed by atoms with Crippen molar-refractivity contribution in [1.29, 1.82) is 0 Å². The van der Waals surface area contributed by atoms with Crippen molar-refractivity contribution in [2.24, 2.45) is 0 Å². The van der Waals surface area contributed by atoms with Gasteiger partial charge in [0.15, 0.2) is 0 Å². The second-order valence-corrected chi connectivity index (χ2v) is 5.62. The number of aliphatic hydroxyl groups is 1. The second-order valence-electron chi connectivity index (χ2n) is 5.62. The minimum Gasteiger partial charge on any atom is -0.496 e. The van der Waals surface area contributed by atoms with Gasteiger partial charge in [-0.2, -0.15) is 0 Å². The predicted octanol–water partition coefficient (Wildman–Crippen LogP) is 2.46. The van der Waals surface area contributed by atoms with Gasteiger partial charge in [0.2, 0.25) is 0 Å². The number of hydrogen-bond acceptors (Lipinski definition) is 4. The number of para-hydroxylation sites is 1. The maximum atomic E-state index is 11.9. The Labute approximate surface area is 142 Å². The number of nitrogens with one attached hydrogen (secondary N) is 2. The average molecular weight is 328 g/mol. The van der Waals surface area contributed by atoms with E-state index in [-0.39, 0.29) is 25.1 Å². The predicted molar refractivity (Wildman–Crippen MR) is 95.6 cm³/mol. The fourth-order valence-electron chi connectivity index (χ4n) is 2.56. The molecule has 1 unspecified atom stereocenters. The van der Waals surface area contributed by atoms with Crippen molar-refractivity contribution in [1.82, 2.24) is 5.32 Å². The van der Waals surface area contributed by atoms with E-state index in [0.29, 0.717) is 5.56 Å². The Morgan fingerprint density at radius 3 is 2.75 bits per heavy atom. The minimum absolute atomic E-state index is 0.0698. The molecule has 1 atom stereocenters. The van der Waals surface area contributed by atoms with Gasteiger partial charge in [-0.3, -0.25) is 4.79 Å². The standard InChI is InChI=1S/C19H24N2O3/c1-14(12-15-6-3-4-9-18(15)24-2)21-17-8-5-7-16(13-17)19(23)20-10-11-22/h3-9,13-14,21-22H,10-12H2,1-2H3,(H,20,23). The number of rotatable bonds is 8. The van der Waals surface area contributed by atoms with Crippen molar-refractivity contribution in [3.05, 3.63) is 59.7 Å².